The molecule has 0 amide bonds. The molecule has 0 fully saturated rings. The summed E-state index contributed by atoms with van der Waals surface area (Å²) in [6.07, 6.45) is -6.32. The second kappa shape index (κ2) is 4.18. The predicted molar refractivity (Wildman–Crippen MR) is 44.2 cm³/mol. The molecule has 7 heteroatoms. The highest BCUT2D eigenvalue weighted by molar-refractivity contribution is 4.95. The molecular formula is C8H11F3N2O2. The van der Waals surface area contributed by atoms with Crippen molar-refractivity contribution >= 4 is 0 Å². The summed E-state index contributed by atoms with van der Waals surface area (Å²) in [5, 5.41) is 12.4. The van der Waals surface area contributed by atoms with Gasteiger partial charge < -0.3 is 9.63 Å². The van der Waals surface area contributed by atoms with Gasteiger partial charge in [0.25, 0.3) is 0 Å². The molecule has 0 aromatic carbocycles. The third kappa shape index (κ3) is 3.50. The lowest BCUT2D eigenvalue weighted by Crippen LogP contribution is -2.14. The molecule has 0 saturated heterocycles. The minimum atomic E-state index is -4.35. The largest absolute Gasteiger partial charge is 0.396 e. The van der Waals surface area contributed by atoms with E-state index in [1.165, 1.54) is 6.92 Å². The third-order valence-electron chi connectivity index (χ3n) is 1.96. The normalized spacial score (nSPS) is 16.4. The zero-order valence-corrected chi connectivity index (χ0v) is 8.25. The van der Waals surface area contributed by atoms with Gasteiger partial charge in [0.1, 0.15) is 6.42 Å². The van der Waals surface area contributed by atoms with Gasteiger partial charge in [-0.15, -0.1) is 0 Å². The Morgan fingerprint density at radius 1 is 1.40 bits per heavy atom. The van der Waals surface area contributed by atoms with E-state index in [1.54, 1.807) is 6.92 Å². The molecule has 1 N–H and O–H groups in total. The highest BCUT2D eigenvalue weighted by Crippen LogP contribution is 2.22. The van der Waals surface area contributed by atoms with E-state index in [1.807, 2.05) is 0 Å². The third-order valence-corrected chi connectivity index (χ3v) is 1.96. The molecule has 15 heavy (non-hydrogen) atoms. The van der Waals surface area contributed by atoms with E-state index >= 15 is 0 Å². The highest BCUT2D eigenvalue weighted by Gasteiger charge is 2.31. The smallest absolute Gasteiger partial charge is 0.393 e. The number of aliphatic hydroxyl groups is 1. The molecule has 0 aliphatic rings. The summed E-state index contributed by atoms with van der Waals surface area (Å²) >= 11 is 0. The molecule has 0 aliphatic carbocycles. The van der Waals surface area contributed by atoms with Gasteiger partial charge in [-0.1, -0.05) is 12.1 Å². The Labute approximate surface area is 84.1 Å². The Hall–Kier alpha value is -1.11. The monoisotopic (exact) mass is 224 g/mol. The van der Waals surface area contributed by atoms with E-state index in [0.29, 0.717) is 0 Å². The van der Waals surface area contributed by atoms with Gasteiger partial charge in [0.15, 0.2) is 5.82 Å². The summed E-state index contributed by atoms with van der Waals surface area (Å²) in [5.74, 6) is -0.867. The number of halogens is 3. The van der Waals surface area contributed by atoms with Crippen LogP contribution in [0.5, 0.6) is 0 Å². The summed E-state index contributed by atoms with van der Waals surface area (Å²) in [6, 6.07) is 0. The minimum Gasteiger partial charge on any atom is -0.393 e. The van der Waals surface area contributed by atoms with Crippen LogP contribution in [0.2, 0.25) is 0 Å². The Bertz CT molecular complexity index is 322. The maximum Gasteiger partial charge on any atom is 0.396 e. The van der Waals surface area contributed by atoms with E-state index in [4.69, 9.17) is 5.11 Å². The molecule has 1 heterocycles. The molecule has 1 rings (SSSR count). The number of rotatable bonds is 3. The van der Waals surface area contributed by atoms with Crippen LogP contribution in [0.3, 0.4) is 0 Å². The van der Waals surface area contributed by atoms with E-state index in [9.17, 15) is 13.2 Å². The average molecular weight is 224 g/mol. The zero-order chi connectivity index (χ0) is 11.6. The maximum atomic E-state index is 11.9. The van der Waals surface area contributed by atoms with Gasteiger partial charge >= 0.3 is 6.18 Å². The quantitative estimate of drug-likeness (QED) is 0.848. The molecule has 86 valence electrons. The average Bonchev–Trinajstić information content (AvgIpc) is 2.48. The van der Waals surface area contributed by atoms with Crippen LogP contribution in [0.4, 0.5) is 13.2 Å². The molecule has 0 saturated carbocycles. The number of nitrogens with zero attached hydrogens (tertiary/aromatic N) is 2. The lowest BCUT2D eigenvalue weighted by molar-refractivity contribution is -0.128. The lowest BCUT2D eigenvalue weighted by atomic mass is 10.1. The molecule has 2 atom stereocenters. The number of hydrogen-bond acceptors (Lipinski definition) is 4. The molecule has 0 aliphatic heterocycles. The van der Waals surface area contributed by atoms with Crippen LogP contribution in [-0.2, 0) is 6.42 Å². The van der Waals surface area contributed by atoms with E-state index < -0.39 is 30.4 Å². The van der Waals surface area contributed by atoms with Gasteiger partial charge in [0.2, 0.25) is 5.89 Å². The first-order valence-electron chi connectivity index (χ1n) is 4.37. The second-order valence-corrected chi connectivity index (χ2v) is 3.37. The van der Waals surface area contributed by atoms with E-state index in [0.717, 1.165) is 0 Å². The second-order valence-electron chi connectivity index (χ2n) is 3.37. The van der Waals surface area contributed by atoms with Gasteiger partial charge in [-0.05, 0) is 6.92 Å². The van der Waals surface area contributed by atoms with Gasteiger partial charge in [-0.2, -0.15) is 18.2 Å². The van der Waals surface area contributed by atoms with Gasteiger partial charge in [0.05, 0.1) is 12.0 Å². The van der Waals surface area contributed by atoms with E-state index in [2.05, 4.69) is 14.7 Å². The van der Waals surface area contributed by atoms with Crippen LogP contribution < -0.4 is 0 Å². The van der Waals surface area contributed by atoms with Crippen molar-refractivity contribution in [3.05, 3.63) is 11.7 Å². The fraction of sp³-hybridized carbons (Fsp3) is 0.750. The fourth-order valence-corrected chi connectivity index (χ4v) is 0.910. The highest BCUT2D eigenvalue weighted by atomic mass is 19.4. The first-order chi connectivity index (χ1) is 6.79. The Morgan fingerprint density at radius 3 is 2.47 bits per heavy atom. The molecule has 0 bridgehead atoms. The number of aliphatic hydroxyl groups excluding tert-OH is 1. The van der Waals surface area contributed by atoms with Crippen LogP contribution in [0.25, 0.3) is 0 Å². The van der Waals surface area contributed by atoms with Crippen molar-refractivity contribution < 1.29 is 22.8 Å². The first kappa shape index (κ1) is 12.0. The van der Waals surface area contributed by atoms with Crippen molar-refractivity contribution in [3.8, 4) is 0 Å². The summed E-state index contributed by atoms with van der Waals surface area (Å²) in [4.78, 5) is 3.56. The number of hydrogen-bond donors (Lipinski definition) is 1. The summed E-state index contributed by atoms with van der Waals surface area (Å²) in [7, 11) is 0. The van der Waals surface area contributed by atoms with Crippen LogP contribution in [-0.4, -0.2) is 27.5 Å². The summed E-state index contributed by atoms with van der Waals surface area (Å²) in [6.45, 7) is 3.09. The zero-order valence-electron chi connectivity index (χ0n) is 8.25. The van der Waals surface area contributed by atoms with Crippen LogP contribution in [0.15, 0.2) is 4.52 Å². The van der Waals surface area contributed by atoms with Crippen molar-refractivity contribution in [1.82, 2.24) is 10.1 Å². The van der Waals surface area contributed by atoms with Crippen molar-refractivity contribution in [1.29, 1.82) is 0 Å². The molecule has 0 radical (unpaired) electrons. The SMILES string of the molecule is CC(O)C(C)c1nc(CC(F)(F)F)no1. The van der Waals surface area contributed by atoms with Crippen molar-refractivity contribution in [2.45, 2.75) is 38.5 Å². The first-order valence-corrected chi connectivity index (χ1v) is 4.37. The fourth-order valence-electron chi connectivity index (χ4n) is 0.910. The Balaban J connectivity index is 2.72. The Morgan fingerprint density at radius 2 is 2.00 bits per heavy atom. The molecule has 2 unspecified atom stereocenters. The topological polar surface area (TPSA) is 59.2 Å². The predicted octanol–water partition coefficient (Wildman–Crippen LogP) is 1.66. The van der Waals surface area contributed by atoms with E-state index in [-0.39, 0.29) is 5.89 Å². The lowest BCUT2D eigenvalue weighted by Gasteiger charge is -2.08. The van der Waals surface area contributed by atoms with Gasteiger partial charge in [-0.25, -0.2) is 0 Å². The number of aromatic nitrogens is 2. The maximum absolute atomic E-state index is 11.9. The summed E-state index contributed by atoms with van der Waals surface area (Å²) in [5.41, 5.74) is 0. The minimum absolute atomic E-state index is 0.0178. The van der Waals surface area contributed by atoms with Gasteiger partial charge in [-0.3, -0.25) is 0 Å². The van der Waals surface area contributed by atoms with Crippen LogP contribution in [0, 0.1) is 0 Å². The van der Waals surface area contributed by atoms with Crippen LogP contribution >= 0.6 is 0 Å². The van der Waals surface area contributed by atoms with Gasteiger partial charge in [0, 0.05) is 0 Å². The standard InChI is InChI=1S/C8H11F3N2O2/c1-4(5(2)14)7-12-6(13-15-7)3-8(9,10)11/h4-5,14H,3H2,1-2H3. The molecule has 1 aromatic heterocycles. The molecule has 4 nitrogen and oxygen atoms in total. The van der Waals surface area contributed by atoms with Crippen molar-refractivity contribution in [2.75, 3.05) is 0 Å². The number of alkyl halides is 3. The molecule has 0 spiro atoms. The molecule has 1 aromatic rings. The van der Waals surface area contributed by atoms with Crippen molar-refractivity contribution in [3.63, 3.8) is 0 Å². The molecular weight excluding hydrogens is 213 g/mol. The van der Waals surface area contributed by atoms with Crippen molar-refractivity contribution in [2.24, 2.45) is 0 Å². The Kier molecular flexibility index (Phi) is 3.33. The van der Waals surface area contributed by atoms with Crippen LogP contribution in [0.1, 0.15) is 31.5 Å². The summed E-state index contributed by atoms with van der Waals surface area (Å²) < 4.78 is 40.4.